The highest BCUT2D eigenvalue weighted by Crippen LogP contribution is 2.15. The van der Waals surface area contributed by atoms with Crippen molar-refractivity contribution in [1.29, 1.82) is 0 Å². The quantitative estimate of drug-likeness (QED) is 0.677. The van der Waals surface area contributed by atoms with E-state index in [0.29, 0.717) is 17.3 Å². The van der Waals surface area contributed by atoms with Gasteiger partial charge in [0.05, 0.1) is 18.9 Å². The first-order chi connectivity index (χ1) is 14.2. The molecule has 1 amide bonds. The number of amides is 1. The van der Waals surface area contributed by atoms with Crippen molar-refractivity contribution in [3.63, 3.8) is 0 Å². The molecule has 6 nitrogen and oxygen atoms in total. The van der Waals surface area contributed by atoms with Crippen LogP contribution in [0.3, 0.4) is 0 Å². The van der Waals surface area contributed by atoms with Crippen LogP contribution in [0.2, 0.25) is 5.02 Å². The maximum atomic E-state index is 12.6. The van der Waals surface area contributed by atoms with Crippen LogP contribution in [0.5, 0.6) is 0 Å². The summed E-state index contributed by atoms with van der Waals surface area (Å²) in [5.41, 5.74) is 3.52. The molecule has 7 heteroatoms. The summed E-state index contributed by atoms with van der Waals surface area (Å²) in [5, 5.41) is 7.98. The van der Waals surface area contributed by atoms with Crippen molar-refractivity contribution in [2.45, 2.75) is 13.1 Å². The summed E-state index contributed by atoms with van der Waals surface area (Å²) >= 11 is 6.04. The Morgan fingerprint density at radius 2 is 1.86 bits per heavy atom. The van der Waals surface area contributed by atoms with E-state index in [-0.39, 0.29) is 5.91 Å². The largest absolute Gasteiger partial charge is 0.379 e. The normalized spacial score (nSPS) is 14.7. The molecule has 4 rings (SSSR count). The Morgan fingerprint density at radius 3 is 2.66 bits per heavy atom. The van der Waals surface area contributed by atoms with E-state index in [1.807, 2.05) is 24.3 Å². The Kier molecular flexibility index (Phi) is 6.24. The highest BCUT2D eigenvalue weighted by molar-refractivity contribution is 6.30. The Bertz CT molecular complexity index is 982. The third kappa shape index (κ3) is 5.03. The van der Waals surface area contributed by atoms with Crippen LogP contribution in [0.1, 0.15) is 21.6 Å². The number of halogens is 1. The highest BCUT2D eigenvalue weighted by atomic mass is 35.5. The van der Waals surface area contributed by atoms with Gasteiger partial charge in [0.2, 0.25) is 0 Å². The summed E-state index contributed by atoms with van der Waals surface area (Å²) in [6.07, 6.45) is 1.76. The van der Waals surface area contributed by atoms with Crippen molar-refractivity contribution < 1.29 is 9.53 Å². The molecule has 1 N–H and O–H groups in total. The second-order valence-corrected chi connectivity index (χ2v) is 7.40. The smallest absolute Gasteiger partial charge is 0.272 e. The van der Waals surface area contributed by atoms with E-state index in [0.717, 1.165) is 44.1 Å². The molecule has 1 aromatic heterocycles. The van der Waals surface area contributed by atoms with Gasteiger partial charge in [-0.05, 0) is 35.4 Å². The molecular formula is C22H23ClN4O2. The van der Waals surface area contributed by atoms with Crippen molar-refractivity contribution in [1.82, 2.24) is 20.0 Å². The number of morpholine rings is 1. The van der Waals surface area contributed by atoms with Crippen LogP contribution in [0, 0.1) is 0 Å². The lowest BCUT2D eigenvalue weighted by Gasteiger charge is -2.27. The molecule has 1 saturated heterocycles. The fraction of sp³-hybridized carbons (Fsp3) is 0.273. The van der Waals surface area contributed by atoms with Crippen molar-refractivity contribution >= 4 is 17.5 Å². The Hall–Kier alpha value is -2.67. The van der Waals surface area contributed by atoms with Gasteiger partial charge in [-0.15, -0.1) is 0 Å². The summed E-state index contributed by atoms with van der Waals surface area (Å²) in [5.74, 6) is -0.202. The number of aromatic nitrogens is 2. The van der Waals surface area contributed by atoms with Gasteiger partial charge in [0.15, 0.2) is 5.69 Å². The van der Waals surface area contributed by atoms with E-state index < -0.39 is 0 Å². The van der Waals surface area contributed by atoms with Gasteiger partial charge >= 0.3 is 0 Å². The zero-order valence-corrected chi connectivity index (χ0v) is 16.8. The predicted molar refractivity (Wildman–Crippen MR) is 112 cm³/mol. The zero-order chi connectivity index (χ0) is 20.1. The van der Waals surface area contributed by atoms with Crippen LogP contribution < -0.4 is 5.32 Å². The van der Waals surface area contributed by atoms with Crippen LogP contribution >= 0.6 is 11.6 Å². The average Bonchev–Trinajstić information content (AvgIpc) is 3.24. The monoisotopic (exact) mass is 410 g/mol. The summed E-state index contributed by atoms with van der Waals surface area (Å²) in [4.78, 5) is 15.0. The lowest BCUT2D eigenvalue weighted by atomic mass is 10.1. The summed E-state index contributed by atoms with van der Waals surface area (Å²) in [7, 11) is 0. The molecule has 0 unspecified atom stereocenters. The first kappa shape index (κ1) is 19.6. The Balaban J connectivity index is 1.40. The number of nitrogens with one attached hydrogen (secondary N) is 1. The molecule has 1 aliphatic heterocycles. The molecule has 0 atom stereocenters. The third-order valence-electron chi connectivity index (χ3n) is 4.95. The van der Waals surface area contributed by atoms with Gasteiger partial charge in [0.1, 0.15) is 0 Å². The second kappa shape index (κ2) is 9.22. The van der Waals surface area contributed by atoms with Gasteiger partial charge in [-0.25, -0.2) is 4.68 Å². The molecule has 0 spiro atoms. The summed E-state index contributed by atoms with van der Waals surface area (Å²) in [6, 6.07) is 17.3. The average molecular weight is 411 g/mol. The van der Waals surface area contributed by atoms with E-state index in [1.165, 1.54) is 5.56 Å². The van der Waals surface area contributed by atoms with Gasteiger partial charge in [0.25, 0.3) is 5.91 Å². The molecular weight excluding hydrogens is 388 g/mol. The van der Waals surface area contributed by atoms with E-state index >= 15 is 0 Å². The number of carbonyl (C=O) groups is 1. The molecule has 29 heavy (non-hydrogen) atoms. The van der Waals surface area contributed by atoms with Gasteiger partial charge < -0.3 is 10.1 Å². The first-order valence-electron chi connectivity index (χ1n) is 9.66. The minimum absolute atomic E-state index is 0.202. The number of ether oxygens (including phenoxy) is 1. The molecule has 0 bridgehead atoms. The number of hydrogen-bond donors (Lipinski definition) is 1. The highest BCUT2D eigenvalue weighted by Gasteiger charge is 2.14. The minimum Gasteiger partial charge on any atom is -0.379 e. The lowest BCUT2D eigenvalue weighted by Crippen LogP contribution is -2.36. The third-order valence-corrected chi connectivity index (χ3v) is 5.18. The summed E-state index contributed by atoms with van der Waals surface area (Å²) in [6.45, 7) is 4.73. The number of hydrogen-bond acceptors (Lipinski definition) is 4. The number of carbonyl (C=O) groups excluding carboxylic acids is 1. The lowest BCUT2D eigenvalue weighted by molar-refractivity contribution is 0.0340. The van der Waals surface area contributed by atoms with E-state index in [9.17, 15) is 4.79 Å². The van der Waals surface area contributed by atoms with E-state index in [1.54, 1.807) is 29.1 Å². The molecule has 1 fully saturated rings. The van der Waals surface area contributed by atoms with Crippen LogP contribution in [-0.4, -0.2) is 46.9 Å². The van der Waals surface area contributed by atoms with Gasteiger partial charge in [-0.1, -0.05) is 41.9 Å². The maximum absolute atomic E-state index is 12.6. The topological polar surface area (TPSA) is 59.4 Å². The fourth-order valence-corrected chi connectivity index (χ4v) is 3.54. The maximum Gasteiger partial charge on any atom is 0.272 e. The minimum atomic E-state index is -0.202. The molecule has 2 heterocycles. The SMILES string of the molecule is O=C(NCc1ccccc1CN1CCOCC1)c1ccn(-c2cccc(Cl)c2)n1. The van der Waals surface area contributed by atoms with Gasteiger partial charge in [-0.2, -0.15) is 5.10 Å². The van der Waals surface area contributed by atoms with Crippen molar-refractivity contribution in [3.05, 3.63) is 82.6 Å². The molecule has 0 radical (unpaired) electrons. The van der Waals surface area contributed by atoms with Crippen molar-refractivity contribution in [2.75, 3.05) is 26.3 Å². The van der Waals surface area contributed by atoms with Crippen molar-refractivity contribution in [2.24, 2.45) is 0 Å². The van der Waals surface area contributed by atoms with Crippen LogP contribution in [0.15, 0.2) is 60.8 Å². The molecule has 2 aromatic carbocycles. The van der Waals surface area contributed by atoms with Gasteiger partial charge in [0, 0.05) is 37.4 Å². The molecule has 150 valence electrons. The zero-order valence-electron chi connectivity index (χ0n) is 16.1. The Morgan fingerprint density at radius 1 is 1.07 bits per heavy atom. The van der Waals surface area contributed by atoms with E-state index in [2.05, 4.69) is 27.4 Å². The van der Waals surface area contributed by atoms with Gasteiger partial charge in [-0.3, -0.25) is 9.69 Å². The number of nitrogens with zero attached hydrogens (tertiary/aromatic N) is 3. The van der Waals surface area contributed by atoms with E-state index in [4.69, 9.17) is 16.3 Å². The fourth-order valence-electron chi connectivity index (χ4n) is 3.36. The molecule has 1 aliphatic rings. The molecule has 3 aromatic rings. The number of rotatable bonds is 6. The molecule has 0 aliphatic carbocycles. The van der Waals surface area contributed by atoms with Crippen LogP contribution in [0.25, 0.3) is 5.69 Å². The van der Waals surface area contributed by atoms with Crippen LogP contribution in [-0.2, 0) is 17.8 Å². The second-order valence-electron chi connectivity index (χ2n) is 6.97. The first-order valence-corrected chi connectivity index (χ1v) is 10.0. The Labute approximate surface area is 175 Å². The van der Waals surface area contributed by atoms with Crippen LogP contribution in [0.4, 0.5) is 0 Å². The predicted octanol–water partition coefficient (Wildman–Crippen LogP) is 3.29. The van der Waals surface area contributed by atoms with Crippen molar-refractivity contribution in [3.8, 4) is 5.69 Å². The number of benzene rings is 2. The standard InChI is InChI=1S/C22H23ClN4O2/c23-19-6-3-7-20(14-19)27-9-8-21(25-27)22(28)24-15-17-4-1-2-5-18(17)16-26-10-12-29-13-11-26/h1-9,14H,10-13,15-16H2,(H,24,28). The summed E-state index contributed by atoms with van der Waals surface area (Å²) < 4.78 is 7.07. The molecule has 0 saturated carbocycles.